The fraction of sp³-hybridized carbons (Fsp3) is 0.250. The number of carbonyl (C=O) groups excluding carboxylic acids is 2. The van der Waals surface area contributed by atoms with Gasteiger partial charge in [0.15, 0.2) is 0 Å². The van der Waals surface area contributed by atoms with Gasteiger partial charge in [-0.1, -0.05) is 24.3 Å². The van der Waals surface area contributed by atoms with Gasteiger partial charge in [0.1, 0.15) is 11.5 Å². The van der Waals surface area contributed by atoms with Crippen molar-refractivity contribution in [2.75, 3.05) is 23.3 Å². The minimum atomic E-state index is -4.26. The normalized spacial score (nSPS) is 12.9. The van der Waals surface area contributed by atoms with E-state index in [-0.39, 0.29) is 16.3 Å². The van der Waals surface area contributed by atoms with E-state index in [9.17, 15) is 28.1 Å². The Balaban J connectivity index is 1.70. The molecule has 1 aliphatic rings. The number of nitrogens with zero attached hydrogens (tertiary/aromatic N) is 2. The molecule has 3 aromatic rings. The molecule has 1 heterocycles. The number of non-ortho nitro benzene ring substituents is 1. The molecule has 0 saturated heterocycles. The molecule has 1 N–H and O–H groups in total. The summed E-state index contributed by atoms with van der Waals surface area (Å²) in [6.45, 7) is -0.665. The highest BCUT2D eigenvalue weighted by atomic mass is 32.2. The van der Waals surface area contributed by atoms with Crippen LogP contribution in [0.3, 0.4) is 0 Å². The maximum atomic E-state index is 13.5. The lowest BCUT2D eigenvalue weighted by Crippen LogP contribution is -2.38. The van der Waals surface area contributed by atoms with E-state index in [1.165, 1.54) is 60.9 Å². The number of carbonyl (C=O) groups is 2. The van der Waals surface area contributed by atoms with Crippen LogP contribution in [0.4, 0.5) is 16.4 Å². The van der Waals surface area contributed by atoms with Crippen LogP contribution in [-0.4, -0.2) is 38.9 Å². The molecule has 0 spiro atoms. The molecule has 1 amide bonds. The lowest BCUT2D eigenvalue weighted by Gasteiger charge is -2.24. The number of methoxy groups -OCH3 is 1. The van der Waals surface area contributed by atoms with Crippen LogP contribution in [0.1, 0.15) is 33.6 Å². The van der Waals surface area contributed by atoms with Crippen LogP contribution in [0.5, 0.6) is 0 Å². The predicted octanol–water partition coefficient (Wildman–Crippen LogP) is 4.16. The number of anilines is 2. The van der Waals surface area contributed by atoms with Gasteiger partial charge in [-0.3, -0.25) is 19.2 Å². The van der Waals surface area contributed by atoms with Crippen LogP contribution in [0.15, 0.2) is 59.5 Å². The average molecular weight is 530 g/mol. The number of hydrogen-bond donors (Lipinski definition) is 1. The second kappa shape index (κ2) is 10.5. The summed E-state index contributed by atoms with van der Waals surface area (Å²) in [6, 6.07) is 12.5. The zero-order chi connectivity index (χ0) is 25.9. The maximum Gasteiger partial charge on any atom is 0.341 e. The molecule has 1 aromatic heterocycles. The van der Waals surface area contributed by atoms with Gasteiger partial charge in [0, 0.05) is 17.0 Å². The summed E-state index contributed by atoms with van der Waals surface area (Å²) < 4.78 is 32.7. The fourth-order valence-electron chi connectivity index (χ4n) is 4.06. The number of esters is 1. The Morgan fingerprint density at radius 3 is 2.53 bits per heavy atom. The molecule has 4 rings (SSSR count). The van der Waals surface area contributed by atoms with Crippen LogP contribution in [-0.2, 0) is 32.4 Å². The molecule has 12 heteroatoms. The van der Waals surface area contributed by atoms with Crippen molar-refractivity contribution in [2.24, 2.45) is 0 Å². The molecule has 0 fully saturated rings. The van der Waals surface area contributed by atoms with Crippen molar-refractivity contribution in [1.29, 1.82) is 0 Å². The summed E-state index contributed by atoms with van der Waals surface area (Å²) >= 11 is 1.28. The van der Waals surface area contributed by atoms with Gasteiger partial charge in [0.25, 0.3) is 15.7 Å². The number of rotatable bonds is 8. The van der Waals surface area contributed by atoms with E-state index in [1.54, 1.807) is 6.07 Å². The Hall–Kier alpha value is -3.77. The Kier molecular flexibility index (Phi) is 7.36. The lowest BCUT2D eigenvalue weighted by atomic mass is 9.95. The number of amides is 1. The van der Waals surface area contributed by atoms with Gasteiger partial charge in [-0.05, 0) is 49.4 Å². The van der Waals surface area contributed by atoms with E-state index in [4.69, 9.17) is 4.74 Å². The predicted molar refractivity (Wildman–Crippen MR) is 135 cm³/mol. The molecule has 188 valence electrons. The SMILES string of the molecule is COC(=O)c1c(NC(=O)CN(c2cccc([N+](=O)[O-])c2)S(=O)(=O)c2ccccc2)sc2c1CCCC2. The minimum absolute atomic E-state index is 0.0399. The summed E-state index contributed by atoms with van der Waals surface area (Å²) in [5.41, 5.74) is 0.779. The van der Waals surface area contributed by atoms with Gasteiger partial charge in [-0.15, -0.1) is 11.3 Å². The van der Waals surface area contributed by atoms with Crippen LogP contribution < -0.4 is 9.62 Å². The summed E-state index contributed by atoms with van der Waals surface area (Å²) in [4.78, 5) is 37.2. The number of thiophene rings is 1. The second-order valence-electron chi connectivity index (χ2n) is 8.06. The standard InChI is InChI=1S/C24H23N3O7S2/c1-34-24(29)22-19-12-5-6-13-20(19)35-23(22)25-21(28)15-26(16-8-7-9-17(14-16)27(30)31)36(32,33)18-10-3-2-4-11-18/h2-4,7-11,14H,5-6,12-13,15H2,1H3,(H,25,28). The zero-order valence-corrected chi connectivity index (χ0v) is 20.9. The van der Waals surface area contributed by atoms with E-state index < -0.39 is 33.4 Å². The zero-order valence-electron chi connectivity index (χ0n) is 19.3. The quantitative estimate of drug-likeness (QED) is 0.263. The second-order valence-corrected chi connectivity index (χ2v) is 11.0. The number of nitrogens with one attached hydrogen (secondary N) is 1. The van der Waals surface area contributed by atoms with Gasteiger partial charge in [-0.25, -0.2) is 13.2 Å². The molecular formula is C24H23N3O7S2. The highest BCUT2D eigenvalue weighted by Gasteiger charge is 2.31. The molecular weight excluding hydrogens is 506 g/mol. The Morgan fingerprint density at radius 2 is 1.83 bits per heavy atom. The largest absolute Gasteiger partial charge is 0.465 e. The van der Waals surface area contributed by atoms with E-state index in [1.807, 2.05) is 0 Å². The van der Waals surface area contributed by atoms with E-state index in [0.717, 1.165) is 40.1 Å². The highest BCUT2D eigenvalue weighted by molar-refractivity contribution is 7.92. The third kappa shape index (κ3) is 5.09. The summed E-state index contributed by atoms with van der Waals surface area (Å²) in [7, 11) is -2.99. The molecule has 36 heavy (non-hydrogen) atoms. The monoisotopic (exact) mass is 529 g/mol. The molecule has 0 radical (unpaired) electrons. The Morgan fingerprint density at radius 1 is 1.11 bits per heavy atom. The summed E-state index contributed by atoms with van der Waals surface area (Å²) in [5, 5.41) is 14.3. The lowest BCUT2D eigenvalue weighted by molar-refractivity contribution is -0.384. The molecule has 0 aliphatic heterocycles. The number of ether oxygens (including phenoxy) is 1. The van der Waals surface area contributed by atoms with Gasteiger partial charge >= 0.3 is 5.97 Å². The van der Waals surface area contributed by atoms with Crippen molar-refractivity contribution >= 4 is 49.6 Å². The molecule has 0 bridgehead atoms. The van der Waals surface area contributed by atoms with Gasteiger partial charge < -0.3 is 10.1 Å². The molecule has 1 aliphatic carbocycles. The first kappa shape index (κ1) is 25.3. The van der Waals surface area contributed by atoms with Crippen molar-refractivity contribution < 1.29 is 27.7 Å². The van der Waals surface area contributed by atoms with Crippen LogP contribution in [0.25, 0.3) is 0 Å². The number of nitro groups is 1. The molecule has 10 nitrogen and oxygen atoms in total. The van der Waals surface area contributed by atoms with Gasteiger partial charge in [0.2, 0.25) is 5.91 Å². The number of sulfonamides is 1. The van der Waals surface area contributed by atoms with Crippen molar-refractivity contribution in [3.05, 3.63) is 80.7 Å². The smallest absolute Gasteiger partial charge is 0.341 e. The molecule has 2 aromatic carbocycles. The Bertz CT molecular complexity index is 1420. The number of fused-ring (bicyclic) bond motifs is 1. The molecule has 0 atom stereocenters. The first-order valence-corrected chi connectivity index (χ1v) is 13.3. The molecule has 0 unspecified atom stereocenters. The fourth-order valence-corrected chi connectivity index (χ4v) is 6.79. The van der Waals surface area contributed by atoms with Gasteiger partial charge in [-0.2, -0.15) is 0 Å². The first-order chi connectivity index (χ1) is 17.2. The summed E-state index contributed by atoms with van der Waals surface area (Å²) in [5.74, 6) is -1.28. The number of benzene rings is 2. The topological polar surface area (TPSA) is 136 Å². The van der Waals surface area contributed by atoms with Crippen molar-refractivity contribution in [3.63, 3.8) is 0 Å². The van der Waals surface area contributed by atoms with Crippen LogP contribution >= 0.6 is 11.3 Å². The summed E-state index contributed by atoms with van der Waals surface area (Å²) in [6.07, 6.45) is 3.35. The van der Waals surface area contributed by atoms with Gasteiger partial charge in [0.05, 0.1) is 28.2 Å². The maximum absolute atomic E-state index is 13.5. The number of nitro benzene ring substituents is 1. The minimum Gasteiger partial charge on any atom is -0.465 e. The highest BCUT2D eigenvalue weighted by Crippen LogP contribution is 2.38. The number of hydrogen-bond acceptors (Lipinski definition) is 8. The molecule has 0 saturated carbocycles. The third-order valence-corrected chi connectivity index (χ3v) is 8.76. The van der Waals surface area contributed by atoms with Crippen LogP contribution in [0, 0.1) is 10.1 Å². The third-order valence-electron chi connectivity index (χ3n) is 5.76. The number of aryl methyl sites for hydroxylation is 1. The van der Waals surface area contributed by atoms with Crippen LogP contribution in [0.2, 0.25) is 0 Å². The van der Waals surface area contributed by atoms with E-state index in [2.05, 4.69) is 5.32 Å². The first-order valence-electron chi connectivity index (χ1n) is 11.1. The van der Waals surface area contributed by atoms with Crippen molar-refractivity contribution in [1.82, 2.24) is 0 Å². The van der Waals surface area contributed by atoms with Crippen molar-refractivity contribution in [2.45, 2.75) is 30.6 Å². The van der Waals surface area contributed by atoms with E-state index >= 15 is 0 Å². The van der Waals surface area contributed by atoms with E-state index in [0.29, 0.717) is 17.0 Å². The Labute approximate surface area is 211 Å². The van der Waals surface area contributed by atoms with Crippen molar-refractivity contribution in [3.8, 4) is 0 Å². The average Bonchev–Trinajstić information content (AvgIpc) is 3.25.